The van der Waals surface area contributed by atoms with Crippen molar-refractivity contribution in [3.8, 4) is 17.6 Å². The number of rotatable bonds is 5. The fraction of sp³-hybridized carbons (Fsp3) is 0.250. The summed E-state index contributed by atoms with van der Waals surface area (Å²) in [5.74, 6) is 1.35. The van der Waals surface area contributed by atoms with Crippen LogP contribution in [0.4, 0.5) is 0 Å². The molecule has 0 N–H and O–H groups in total. The highest BCUT2D eigenvalue weighted by Gasteiger charge is 2.08. The van der Waals surface area contributed by atoms with Gasteiger partial charge in [0.2, 0.25) is 0 Å². The number of aryl methyl sites for hydroxylation is 1. The van der Waals surface area contributed by atoms with E-state index in [1.165, 1.54) is 11.3 Å². The van der Waals surface area contributed by atoms with E-state index >= 15 is 0 Å². The standard InChI is InChI=1S/C16H16N2O2S/c1-4-20-15-8-12(5-6-14(15)19-3)7-13(9-17)16-18-11(2)10-21-16/h5-8,10H,4H2,1-3H3/b13-7+. The molecule has 0 bridgehead atoms. The molecule has 1 aromatic heterocycles. The number of benzene rings is 1. The third-order valence-electron chi connectivity index (χ3n) is 2.77. The summed E-state index contributed by atoms with van der Waals surface area (Å²) >= 11 is 1.47. The third kappa shape index (κ3) is 3.61. The van der Waals surface area contributed by atoms with Crippen molar-refractivity contribution in [1.82, 2.24) is 4.98 Å². The number of thiazole rings is 1. The number of allylic oxidation sites excluding steroid dienone is 1. The molecule has 0 unspecified atom stereocenters. The van der Waals surface area contributed by atoms with Crippen LogP contribution in [0.25, 0.3) is 11.6 Å². The van der Waals surface area contributed by atoms with Crippen LogP contribution in [0, 0.1) is 18.3 Å². The van der Waals surface area contributed by atoms with E-state index in [1.807, 2.05) is 37.4 Å². The molecule has 2 aromatic rings. The Hall–Kier alpha value is -2.32. The molecule has 1 heterocycles. The van der Waals surface area contributed by atoms with Crippen molar-refractivity contribution in [3.05, 3.63) is 39.8 Å². The van der Waals surface area contributed by atoms with Gasteiger partial charge in [0.1, 0.15) is 11.1 Å². The molecule has 0 amide bonds. The number of hydrogen-bond acceptors (Lipinski definition) is 5. The van der Waals surface area contributed by atoms with E-state index in [1.54, 1.807) is 13.2 Å². The lowest BCUT2D eigenvalue weighted by atomic mass is 10.1. The number of hydrogen-bond donors (Lipinski definition) is 0. The molecule has 4 nitrogen and oxygen atoms in total. The maximum atomic E-state index is 9.32. The predicted molar refractivity (Wildman–Crippen MR) is 84.5 cm³/mol. The van der Waals surface area contributed by atoms with Gasteiger partial charge in [-0.05, 0) is 37.6 Å². The zero-order chi connectivity index (χ0) is 15.2. The maximum absolute atomic E-state index is 9.32. The normalized spacial score (nSPS) is 11.0. The molecule has 0 radical (unpaired) electrons. The van der Waals surface area contributed by atoms with E-state index in [2.05, 4.69) is 11.1 Å². The predicted octanol–water partition coefficient (Wildman–Crippen LogP) is 3.92. The highest BCUT2D eigenvalue weighted by Crippen LogP contribution is 2.30. The number of nitrogens with zero attached hydrogens (tertiary/aromatic N) is 2. The Bertz CT molecular complexity index is 699. The SMILES string of the molecule is CCOc1cc(/C=C(\C#N)c2nc(C)cs2)ccc1OC. The van der Waals surface area contributed by atoms with Gasteiger partial charge in [-0.15, -0.1) is 11.3 Å². The largest absolute Gasteiger partial charge is 0.493 e. The smallest absolute Gasteiger partial charge is 0.161 e. The van der Waals surface area contributed by atoms with Gasteiger partial charge in [-0.25, -0.2) is 4.98 Å². The van der Waals surface area contributed by atoms with Crippen molar-refractivity contribution in [3.63, 3.8) is 0 Å². The molecule has 108 valence electrons. The molecule has 0 saturated carbocycles. The van der Waals surface area contributed by atoms with Crippen molar-refractivity contribution in [2.24, 2.45) is 0 Å². The first-order valence-electron chi connectivity index (χ1n) is 6.53. The van der Waals surface area contributed by atoms with Crippen LogP contribution in [0.5, 0.6) is 11.5 Å². The second kappa shape index (κ2) is 6.91. The third-order valence-corrected chi connectivity index (χ3v) is 3.76. The Kier molecular flexibility index (Phi) is 4.96. The van der Waals surface area contributed by atoms with Gasteiger partial charge in [0.25, 0.3) is 0 Å². The molecule has 1 aromatic carbocycles. The van der Waals surface area contributed by atoms with Crippen LogP contribution in [0.15, 0.2) is 23.6 Å². The molecule has 0 saturated heterocycles. The van der Waals surface area contributed by atoms with Crippen LogP contribution in [0.1, 0.15) is 23.2 Å². The quantitative estimate of drug-likeness (QED) is 0.785. The Morgan fingerprint density at radius 3 is 2.81 bits per heavy atom. The zero-order valence-corrected chi connectivity index (χ0v) is 13.0. The van der Waals surface area contributed by atoms with Crippen LogP contribution in [-0.2, 0) is 0 Å². The molecule has 0 aliphatic heterocycles. The van der Waals surface area contributed by atoms with Crippen molar-refractivity contribution >= 4 is 23.0 Å². The molecule has 2 rings (SSSR count). The first-order chi connectivity index (χ1) is 10.2. The van der Waals surface area contributed by atoms with Gasteiger partial charge in [0.05, 0.1) is 19.3 Å². The van der Waals surface area contributed by atoms with Crippen LogP contribution >= 0.6 is 11.3 Å². The second-order valence-corrected chi connectivity index (χ2v) is 5.17. The Morgan fingerprint density at radius 1 is 1.43 bits per heavy atom. The van der Waals surface area contributed by atoms with Crippen molar-refractivity contribution in [1.29, 1.82) is 5.26 Å². The number of nitriles is 1. The average Bonchev–Trinajstić information content (AvgIpc) is 2.92. The molecular weight excluding hydrogens is 284 g/mol. The zero-order valence-electron chi connectivity index (χ0n) is 12.2. The molecule has 0 atom stereocenters. The topological polar surface area (TPSA) is 55.1 Å². The lowest BCUT2D eigenvalue weighted by Crippen LogP contribution is -1.95. The van der Waals surface area contributed by atoms with Crippen molar-refractivity contribution in [2.75, 3.05) is 13.7 Å². The summed E-state index contributed by atoms with van der Waals surface area (Å²) in [4.78, 5) is 4.34. The van der Waals surface area contributed by atoms with Gasteiger partial charge >= 0.3 is 0 Å². The van der Waals surface area contributed by atoms with E-state index in [0.29, 0.717) is 23.7 Å². The minimum absolute atomic E-state index is 0.542. The van der Waals surface area contributed by atoms with Crippen LogP contribution in [-0.4, -0.2) is 18.7 Å². The first-order valence-corrected chi connectivity index (χ1v) is 7.41. The van der Waals surface area contributed by atoms with Gasteiger partial charge in [0.15, 0.2) is 11.5 Å². The van der Waals surface area contributed by atoms with E-state index in [9.17, 15) is 5.26 Å². The van der Waals surface area contributed by atoms with E-state index in [0.717, 1.165) is 16.3 Å². The Balaban J connectivity index is 2.39. The highest BCUT2D eigenvalue weighted by atomic mass is 32.1. The van der Waals surface area contributed by atoms with Gasteiger partial charge in [0, 0.05) is 11.1 Å². The first kappa shape index (κ1) is 15.1. The Morgan fingerprint density at radius 2 is 2.24 bits per heavy atom. The molecule has 0 aliphatic carbocycles. The van der Waals surface area contributed by atoms with Crippen LogP contribution < -0.4 is 9.47 Å². The number of ether oxygens (including phenoxy) is 2. The van der Waals surface area contributed by atoms with Gasteiger partial charge in [-0.3, -0.25) is 0 Å². The summed E-state index contributed by atoms with van der Waals surface area (Å²) in [6.45, 7) is 4.39. The van der Waals surface area contributed by atoms with E-state index in [4.69, 9.17) is 9.47 Å². The lowest BCUT2D eigenvalue weighted by Gasteiger charge is -2.09. The van der Waals surface area contributed by atoms with Crippen molar-refractivity contribution < 1.29 is 9.47 Å². The van der Waals surface area contributed by atoms with Crippen LogP contribution in [0.3, 0.4) is 0 Å². The van der Waals surface area contributed by atoms with Gasteiger partial charge < -0.3 is 9.47 Å². The summed E-state index contributed by atoms with van der Waals surface area (Å²) < 4.78 is 10.8. The van der Waals surface area contributed by atoms with E-state index < -0.39 is 0 Å². The molecule has 5 heteroatoms. The summed E-state index contributed by atoms with van der Waals surface area (Å²) in [5, 5.41) is 12.0. The average molecular weight is 300 g/mol. The number of aromatic nitrogens is 1. The molecule has 0 aliphatic rings. The van der Waals surface area contributed by atoms with E-state index in [-0.39, 0.29) is 0 Å². The maximum Gasteiger partial charge on any atom is 0.161 e. The fourth-order valence-electron chi connectivity index (χ4n) is 1.84. The minimum atomic E-state index is 0.542. The monoisotopic (exact) mass is 300 g/mol. The molecule has 0 spiro atoms. The second-order valence-electron chi connectivity index (χ2n) is 4.31. The lowest BCUT2D eigenvalue weighted by molar-refractivity contribution is 0.311. The van der Waals surface area contributed by atoms with Gasteiger partial charge in [-0.2, -0.15) is 5.26 Å². The summed E-state index contributed by atoms with van der Waals surface area (Å²) in [7, 11) is 1.60. The summed E-state index contributed by atoms with van der Waals surface area (Å²) in [5.41, 5.74) is 2.34. The minimum Gasteiger partial charge on any atom is -0.493 e. The summed E-state index contributed by atoms with van der Waals surface area (Å²) in [6.07, 6.45) is 1.81. The fourth-order valence-corrected chi connectivity index (χ4v) is 2.60. The summed E-state index contributed by atoms with van der Waals surface area (Å²) in [6, 6.07) is 7.78. The molecule has 0 fully saturated rings. The van der Waals surface area contributed by atoms with Crippen LogP contribution in [0.2, 0.25) is 0 Å². The highest BCUT2D eigenvalue weighted by molar-refractivity contribution is 7.11. The Labute approximate surface area is 128 Å². The molecule has 21 heavy (non-hydrogen) atoms. The number of methoxy groups -OCH3 is 1. The van der Waals surface area contributed by atoms with Gasteiger partial charge in [-0.1, -0.05) is 6.07 Å². The molecular formula is C16H16N2O2S. The van der Waals surface area contributed by atoms with Crippen molar-refractivity contribution in [2.45, 2.75) is 13.8 Å².